The van der Waals surface area contributed by atoms with E-state index < -0.39 is 37.3 Å². The Kier molecular flexibility index (Phi) is 11.7. The fourth-order valence-electron chi connectivity index (χ4n) is 4.19. The van der Waals surface area contributed by atoms with Crippen molar-refractivity contribution < 1.29 is 32.8 Å². The maximum atomic E-state index is 14.4. The van der Waals surface area contributed by atoms with Crippen LogP contribution in [0.4, 0.5) is 14.9 Å². The van der Waals surface area contributed by atoms with Crippen LogP contribution in [0.1, 0.15) is 56.4 Å². The third-order valence-corrected chi connectivity index (χ3v) is 12.2. The number of carbonyl (C=O) groups excluding carboxylic acids is 2. The third-order valence-electron chi connectivity index (χ3n) is 7.76. The molecule has 3 aromatic rings. The van der Waals surface area contributed by atoms with Gasteiger partial charge in [-0.15, -0.1) is 0 Å². The Morgan fingerprint density at radius 2 is 1.68 bits per heavy atom. The SMILES string of the molecule is COc1ccc(COC(=O)N[C@H](CCC(=O)Cc2ccc([N+](=O)[O-])cc2)[C@H](O[Si](C)(C)C(C)(C)C)c2cncc(F)c2)cc1. The number of Topliss-reactive ketones (excluding diaryl/α,β-unsaturated/α-hetero) is 1. The van der Waals surface area contributed by atoms with Crippen LogP contribution < -0.4 is 10.1 Å². The molecule has 1 aromatic heterocycles. The Hall–Kier alpha value is -4.16. The molecule has 0 aliphatic carbocycles. The molecule has 0 saturated carbocycles. The average molecular weight is 626 g/mol. The molecule has 1 amide bonds. The zero-order valence-corrected chi connectivity index (χ0v) is 27.0. The second kappa shape index (κ2) is 15.0. The molecule has 0 spiro atoms. The number of hydrogen-bond donors (Lipinski definition) is 1. The van der Waals surface area contributed by atoms with Gasteiger partial charge in [-0.1, -0.05) is 45.0 Å². The minimum absolute atomic E-state index is 0.00307. The Balaban J connectivity index is 1.84. The van der Waals surface area contributed by atoms with E-state index in [4.69, 9.17) is 13.9 Å². The lowest BCUT2D eigenvalue weighted by molar-refractivity contribution is -0.384. The van der Waals surface area contributed by atoms with Crippen LogP contribution in [0.25, 0.3) is 0 Å². The number of alkyl carbamates (subject to hydrolysis) is 1. The number of pyridine rings is 1. The van der Waals surface area contributed by atoms with E-state index in [9.17, 15) is 24.1 Å². The highest BCUT2D eigenvalue weighted by Crippen LogP contribution is 2.41. The van der Waals surface area contributed by atoms with Crippen LogP contribution in [0.5, 0.6) is 5.75 Å². The fraction of sp³-hybridized carbons (Fsp3) is 0.406. The number of nitro groups is 1. The van der Waals surface area contributed by atoms with Gasteiger partial charge < -0.3 is 19.2 Å². The number of aromatic nitrogens is 1. The van der Waals surface area contributed by atoms with E-state index in [-0.39, 0.29) is 42.4 Å². The molecule has 0 radical (unpaired) electrons. The summed E-state index contributed by atoms with van der Waals surface area (Å²) in [5.41, 5.74) is 1.75. The molecule has 2 atom stereocenters. The van der Waals surface area contributed by atoms with Crippen LogP contribution in [0, 0.1) is 15.9 Å². The van der Waals surface area contributed by atoms with Crippen molar-refractivity contribution in [3.63, 3.8) is 0 Å². The van der Waals surface area contributed by atoms with Crippen molar-refractivity contribution in [2.45, 2.75) is 76.9 Å². The number of amides is 1. The molecule has 2 aromatic carbocycles. The molecule has 0 fully saturated rings. The quantitative estimate of drug-likeness (QED) is 0.114. The van der Waals surface area contributed by atoms with Gasteiger partial charge in [0.15, 0.2) is 8.32 Å². The fourth-order valence-corrected chi connectivity index (χ4v) is 5.48. The van der Waals surface area contributed by atoms with Gasteiger partial charge in [0.2, 0.25) is 0 Å². The number of nitrogens with one attached hydrogen (secondary N) is 1. The summed E-state index contributed by atoms with van der Waals surface area (Å²) in [5.74, 6) is -0.0203. The van der Waals surface area contributed by atoms with Crippen LogP contribution in [0.15, 0.2) is 67.0 Å². The molecule has 0 aliphatic rings. The first kappa shape index (κ1) is 34.3. The van der Waals surface area contributed by atoms with Crippen LogP contribution in [0.3, 0.4) is 0 Å². The number of ether oxygens (including phenoxy) is 2. The smallest absolute Gasteiger partial charge is 0.407 e. The van der Waals surface area contributed by atoms with Gasteiger partial charge in [0, 0.05) is 36.7 Å². The molecule has 0 bridgehead atoms. The standard InChI is InChI=1S/C32H40FN3O7Si/c1-32(2,3)44(5,6)43-30(24-18-25(33)20-34-19-24)29(35-31(38)42-21-23-9-14-28(41-4)15-10-23)16-13-27(37)17-22-7-11-26(12-8-22)36(39)40/h7-12,14-15,18-20,29-30H,13,16-17,21H2,1-6H3,(H,35,38)/t29-,30-/m1/s1. The molecule has 1 N–H and O–H groups in total. The average Bonchev–Trinajstić information content (AvgIpc) is 2.97. The first-order valence-electron chi connectivity index (χ1n) is 14.3. The molecule has 0 saturated heterocycles. The monoisotopic (exact) mass is 625 g/mol. The summed E-state index contributed by atoms with van der Waals surface area (Å²) in [6.07, 6.45) is 1.33. The first-order valence-corrected chi connectivity index (χ1v) is 17.2. The van der Waals surface area contributed by atoms with E-state index >= 15 is 0 Å². The number of hydrogen-bond acceptors (Lipinski definition) is 8. The van der Waals surface area contributed by atoms with Gasteiger partial charge in [0.25, 0.3) is 5.69 Å². The van der Waals surface area contributed by atoms with Crippen molar-refractivity contribution in [1.82, 2.24) is 10.3 Å². The van der Waals surface area contributed by atoms with E-state index in [2.05, 4.69) is 31.1 Å². The molecule has 0 unspecified atom stereocenters. The highest BCUT2D eigenvalue weighted by Gasteiger charge is 2.42. The predicted molar refractivity (Wildman–Crippen MR) is 166 cm³/mol. The Morgan fingerprint density at radius 3 is 2.25 bits per heavy atom. The van der Waals surface area contributed by atoms with E-state index in [0.717, 1.165) is 11.8 Å². The van der Waals surface area contributed by atoms with E-state index in [1.807, 2.05) is 13.1 Å². The molecule has 236 valence electrons. The summed E-state index contributed by atoms with van der Waals surface area (Å²) in [5, 5.41) is 13.6. The lowest BCUT2D eigenvalue weighted by Crippen LogP contribution is -2.48. The van der Waals surface area contributed by atoms with Gasteiger partial charge in [-0.2, -0.15) is 0 Å². The third kappa shape index (κ3) is 9.95. The summed E-state index contributed by atoms with van der Waals surface area (Å²) < 4.78 is 31.8. The zero-order valence-electron chi connectivity index (χ0n) is 26.0. The number of carbonyl (C=O) groups is 2. The number of halogens is 1. The maximum absolute atomic E-state index is 14.4. The van der Waals surface area contributed by atoms with Crippen LogP contribution in [-0.2, 0) is 27.0 Å². The number of rotatable bonds is 14. The number of ketones is 1. The molecule has 0 aliphatic heterocycles. The lowest BCUT2D eigenvalue weighted by atomic mass is 9.96. The number of benzene rings is 2. The first-order chi connectivity index (χ1) is 20.7. The van der Waals surface area contributed by atoms with Gasteiger partial charge in [-0.3, -0.25) is 19.9 Å². The van der Waals surface area contributed by atoms with Crippen molar-refractivity contribution in [2.24, 2.45) is 0 Å². The van der Waals surface area contributed by atoms with E-state index in [1.165, 1.54) is 24.4 Å². The van der Waals surface area contributed by atoms with Gasteiger partial charge in [-0.25, -0.2) is 9.18 Å². The maximum Gasteiger partial charge on any atom is 0.407 e. The normalized spacial score (nSPS) is 13.1. The van der Waals surface area contributed by atoms with E-state index in [0.29, 0.717) is 16.9 Å². The van der Waals surface area contributed by atoms with Crippen LogP contribution >= 0.6 is 0 Å². The Labute approximate surface area is 258 Å². The van der Waals surface area contributed by atoms with Crippen molar-refractivity contribution in [2.75, 3.05) is 7.11 Å². The zero-order chi connectivity index (χ0) is 32.5. The predicted octanol–water partition coefficient (Wildman–Crippen LogP) is 7.09. The summed E-state index contributed by atoms with van der Waals surface area (Å²) in [4.78, 5) is 40.6. The summed E-state index contributed by atoms with van der Waals surface area (Å²) in [7, 11) is -0.927. The molecule has 44 heavy (non-hydrogen) atoms. The minimum Gasteiger partial charge on any atom is -0.497 e. The van der Waals surface area contributed by atoms with Crippen molar-refractivity contribution in [3.8, 4) is 5.75 Å². The number of nitro benzene ring substituents is 1. The van der Waals surface area contributed by atoms with Gasteiger partial charge in [-0.05, 0) is 53.9 Å². The summed E-state index contributed by atoms with van der Waals surface area (Å²) >= 11 is 0. The number of nitrogens with zero attached hydrogens (tertiary/aromatic N) is 2. The second-order valence-corrected chi connectivity index (χ2v) is 16.8. The second-order valence-electron chi connectivity index (χ2n) is 12.1. The highest BCUT2D eigenvalue weighted by molar-refractivity contribution is 6.74. The molecule has 3 rings (SSSR count). The largest absolute Gasteiger partial charge is 0.497 e. The molecule has 1 heterocycles. The Bertz CT molecular complexity index is 1430. The van der Waals surface area contributed by atoms with Gasteiger partial charge >= 0.3 is 6.09 Å². The molecular formula is C32H40FN3O7Si. The molecule has 12 heteroatoms. The van der Waals surface area contributed by atoms with Crippen LogP contribution in [-0.4, -0.2) is 43.3 Å². The van der Waals surface area contributed by atoms with Crippen molar-refractivity contribution in [3.05, 3.63) is 99.6 Å². The Morgan fingerprint density at radius 1 is 1.05 bits per heavy atom. The highest BCUT2D eigenvalue weighted by atomic mass is 28.4. The molecule has 10 nitrogen and oxygen atoms in total. The van der Waals surface area contributed by atoms with E-state index in [1.54, 1.807) is 43.5 Å². The van der Waals surface area contributed by atoms with Gasteiger partial charge in [0.1, 0.15) is 24.0 Å². The number of non-ortho nitro benzene ring substituents is 1. The minimum atomic E-state index is -2.49. The van der Waals surface area contributed by atoms with Gasteiger partial charge in [0.05, 0.1) is 30.4 Å². The molecular weight excluding hydrogens is 585 g/mol. The topological polar surface area (TPSA) is 130 Å². The summed E-state index contributed by atoms with van der Waals surface area (Å²) in [6, 6.07) is 13.4. The summed E-state index contributed by atoms with van der Waals surface area (Å²) in [6.45, 7) is 10.3. The number of methoxy groups -OCH3 is 1. The van der Waals surface area contributed by atoms with Crippen molar-refractivity contribution in [1.29, 1.82) is 0 Å². The van der Waals surface area contributed by atoms with Crippen molar-refractivity contribution >= 4 is 25.9 Å². The van der Waals surface area contributed by atoms with Crippen LogP contribution in [0.2, 0.25) is 18.1 Å². The lowest BCUT2D eigenvalue weighted by Gasteiger charge is -2.41.